The summed E-state index contributed by atoms with van der Waals surface area (Å²) in [7, 11) is 0. The molecule has 0 aromatic heterocycles. The Morgan fingerprint density at radius 1 is 0.952 bits per heavy atom. The van der Waals surface area contributed by atoms with E-state index in [4.69, 9.17) is 0 Å². The quantitative estimate of drug-likeness (QED) is 0.780. The van der Waals surface area contributed by atoms with Gasteiger partial charge in [0.1, 0.15) is 5.54 Å². The smallest absolute Gasteiger partial charge is 0.248 e. The van der Waals surface area contributed by atoms with Crippen LogP contribution in [0.1, 0.15) is 51.4 Å². The van der Waals surface area contributed by atoms with Crippen LogP contribution in [0.4, 0.5) is 0 Å². The number of hydrogen-bond donors (Lipinski definition) is 1. The number of carbonyl (C=O) groups excluding carboxylic acids is 2. The number of hydrogen-bond acceptors (Lipinski definition) is 3. The fourth-order valence-corrected chi connectivity index (χ4v) is 5.03. The van der Waals surface area contributed by atoms with E-state index in [-0.39, 0.29) is 11.8 Å². The van der Waals surface area contributed by atoms with Gasteiger partial charge in [0.05, 0.1) is 0 Å². The molecule has 116 valence electrons. The highest BCUT2D eigenvalue weighted by atomic mass is 16.2. The van der Waals surface area contributed by atoms with E-state index in [0.717, 1.165) is 38.6 Å². The van der Waals surface area contributed by atoms with Crippen molar-refractivity contribution >= 4 is 11.8 Å². The molecule has 4 rings (SSSR count). The summed E-state index contributed by atoms with van der Waals surface area (Å²) in [6, 6.07) is 0.880. The summed E-state index contributed by atoms with van der Waals surface area (Å²) >= 11 is 0. The van der Waals surface area contributed by atoms with E-state index in [1.807, 2.05) is 0 Å². The van der Waals surface area contributed by atoms with E-state index < -0.39 is 5.54 Å². The predicted molar refractivity (Wildman–Crippen MR) is 78.7 cm³/mol. The standard InChI is InChI=1S/C16H25N3O2/c20-14-6-11-19(13-5-10-18-9-3-4-12(13)18)15(21)16(17-14)7-1-2-8-16/h12-13H,1-11H2,(H,17,20). The topological polar surface area (TPSA) is 52.7 Å². The van der Waals surface area contributed by atoms with Gasteiger partial charge in [0.15, 0.2) is 0 Å². The van der Waals surface area contributed by atoms with E-state index in [2.05, 4.69) is 15.1 Å². The maximum Gasteiger partial charge on any atom is 0.248 e. The van der Waals surface area contributed by atoms with Gasteiger partial charge in [0.25, 0.3) is 0 Å². The average Bonchev–Trinajstić information content (AvgIpc) is 3.14. The van der Waals surface area contributed by atoms with Gasteiger partial charge >= 0.3 is 0 Å². The van der Waals surface area contributed by atoms with Gasteiger partial charge in [-0.15, -0.1) is 0 Å². The summed E-state index contributed by atoms with van der Waals surface area (Å²) in [5.74, 6) is 0.277. The zero-order valence-electron chi connectivity index (χ0n) is 12.6. The van der Waals surface area contributed by atoms with Crippen LogP contribution < -0.4 is 5.32 Å². The van der Waals surface area contributed by atoms with Crippen LogP contribution in [0.25, 0.3) is 0 Å². The summed E-state index contributed by atoms with van der Waals surface area (Å²) in [5, 5.41) is 3.07. The molecule has 5 nitrogen and oxygen atoms in total. The van der Waals surface area contributed by atoms with Crippen molar-refractivity contribution in [3.8, 4) is 0 Å². The van der Waals surface area contributed by atoms with E-state index in [0.29, 0.717) is 25.0 Å². The van der Waals surface area contributed by atoms with Crippen LogP contribution in [-0.2, 0) is 9.59 Å². The number of amides is 2. The van der Waals surface area contributed by atoms with Crippen molar-refractivity contribution in [2.24, 2.45) is 0 Å². The number of nitrogens with one attached hydrogen (secondary N) is 1. The Bertz CT molecular complexity index is 458. The van der Waals surface area contributed by atoms with Crippen molar-refractivity contribution in [3.63, 3.8) is 0 Å². The van der Waals surface area contributed by atoms with Crippen LogP contribution in [0.2, 0.25) is 0 Å². The summed E-state index contributed by atoms with van der Waals surface area (Å²) in [6.45, 7) is 2.92. The van der Waals surface area contributed by atoms with Crippen LogP contribution in [0, 0.1) is 0 Å². The molecule has 2 atom stereocenters. The third-order valence-corrected chi connectivity index (χ3v) is 6.06. The molecule has 0 bridgehead atoms. The average molecular weight is 291 g/mol. The van der Waals surface area contributed by atoms with Gasteiger partial charge in [-0.05, 0) is 38.6 Å². The van der Waals surface area contributed by atoms with E-state index in [1.54, 1.807) is 0 Å². The molecule has 1 spiro atoms. The maximum atomic E-state index is 13.2. The Kier molecular flexibility index (Phi) is 3.21. The van der Waals surface area contributed by atoms with Crippen LogP contribution >= 0.6 is 0 Å². The van der Waals surface area contributed by atoms with Crippen molar-refractivity contribution in [2.45, 2.75) is 69.0 Å². The number of fused-ring (bicyclic) bond motifs is 1. The number of rotatable bonds is 1. The first-order chi connectivity index (χ1) is 10.2. The second kappa shape index (κ2) is 4.97. The first-order valence-electron chi connectivity index (χ1n) is 8.56. The lowest BCUT2D eigenvalue weighted by Gasteiger charge is -2.37. The van der Waals surface area contributed by atoms with Gasteiger partial charge < -0.3 is 10.2 Å². The van der Waals surface area contributed by atoms with Crippen molar-refractivity contribution < 1.29 is 9.59 Å². The first-order valence-corrected chi connectivity index (χ1v) is 8.56. The Labute approximate surface area is 126 Å². The third kappa shape index (κ3) is 2.08. The predicted octanol–water partition coefficient (Wildman–Crippen LogP) is 0.884. The molecule has 1 saturated carbocycles. The van der Waals surface area contributed by atoms with Crippen molar-refractivity contribution in [3.05, 3.63) is 0 Å². The summed E-state index contributed by atoms with van der Waals surface area (Å²) in [6.07, 6.45) is 7.79. The van der Waals surface area contributed by atoms with Crippen molar-refractivity contribution in [1.82, 2.24) is 15.1 Å². The number of nitrogens with zero attached hydrogens (tertiary/aromatic N) is 2. The zero-order valence-corrected chi connectivity index (χ0v) is 12.6. The molecule has 0 aromatic carbocycles. The van der Waals surface area contributed by atoms with Crippen molar-refractivity contribution in [2.75, 3.05) is 19.6 Å². The lowest BCUT2D eigenvalue weighted by atomic mass is 9.94. The molecule has 3 saturated heterocycles. The fourth-order valence-electron chi connectivity index (χ4n) is 5.03. The molecule has 3 heterocycles. The molecule has 0 radical (unpaired) electrons. The lowest BCUT2D eigenvalue weighted by Crippen LogP contribution is -2.58. The molecular formula is C16H25N3O2. The molecular weight excluding hydrogens is 266 g/mol. The van der Waals surface area contributed by atoms with E-state index in [9.17, 15) is 9.59 Å². The molecule has 3 aliphatic heterocycles. The Balaban J connectivity index is 1.61. The molecule has 1 N–H and O–H groups in total. The van der Waals surface area contributed by atoms with Gasteiger partial charge in [0, 0.05) is 31.6 Å². The molecule has 21 heavy (non-hydrogen) atoms. The molecule has 2 amide bonds. The molecule has 5 heteroatoms. The fraction of sp³-hybridized carbons (Fsp3) is 0.875. The second-order valence-electron chi connectivity index (χ2n) is 7.19. The summed E-state index contributed by atoms with van der Waals surface area (Å²) in [5.41, 5.74) is -0.570. The molecule has 1 aliphatic carbocycles. The third-order valence-electron chi connectivity index (χ3n) is 6.06. The van der Waals surface area contributed by atoms with Gasteiger partial charge in [-0.3, -0.25) is 14.5 Å². The van der Waals surface area contributed by atoms with Gasteiger partial charge in [0.2, 0.25) is 11.8 Å². The zero-order chi connectivity index (χ0) is 14.4. The number of carbonyl (C=O) groups is 2. The van der Waals surface area contributed by atoms with E-state index >= 15 is 0 Å². The molecule has 4 fully saturated rings. The molecule has 0 aromatic rings. The van der Waals surface area contributed by atoms with Crippen LogP contribution in [0.3, 0.4) is 0 Å². The van der Waals surface area contributed by atoms with Gasteiger partial charge in [-0.1, -0.05) is 12.8 Å². The highest BCUT2D eigenvalue weighted by Gasteiger charge is 2.50. The van der Waals surface area contributed by atoms with Crippen LogP contribution in [0.15, 0.2) is 0 Å². The van der Waals surface area contributed by atoms with Gasteiger partial charge in [-0.25, -0.2) is 0 Å². The summed E-state index contributed by atoms with van der Waals surface area (Å²) in [4.78, 5) is 29.9. The molecule has 2 unspecified atom stereocenters. The van der Waals surface area contributed by atoms with Crippen molar-refractivity contribution in [1.29, 1.82) is 0 Å². The molecule has 4 aliphatic rings. The van der Waals surface area contributed by atoms with E-state index in [1.165, 1.54) is 19.4 Å². The minimum Gasteiger partial charge on any atom is -0.342 e. The maximum absolute atomic E-state index is 13.2. The highest BCUT2D eigenvalue weighted by molar-refractivity contribution is 5.94. The largest absolute Gasteiger partial charge is 0.342 e. The summed E-state index contributed by atoms with van der Waals surface area (Å²) < 4.78 is 0. The highest BCUT2D eigenvalue weighted by Crippen LogP contribution is 2.37. The second-order valence-corrected chi connectivity index (χ2v) is 7.19. The lowest BCUT2D eigenvalue weighted by molar-refractivity contribution is -0.141. The minimum atomic E-state index is -0.570. The monoisotopic (exact) mass is 291 g/mol. The van der Waals surface area contributed by atoms with Crippen LogP contribution in [-0.4, -0.2) is 58.9 Å². The normalized spacial score (nSPS) is 36.1. The van der Waals surface area contributed by atoms with Gasteiger partial charge in [-0.2, -0.15) is 0 Å². The Morgan fingerprint density at radius 2 is 1.76 bits per heavy atom. The Morgan fingerprint density at radius 3 is 2.57 bits per heavy atom. The van der Waals surface area contributed by atoms with Crippen LogP contribution in [0.5, 0.6) is 0 Å². The first kappa shape index (κ1) is 13.6. The minimum absolute atomic E-state index is 0.0639. The SMILES string of the molecule is O=C1CCN(C2CCN3CCCC23)C(=O)C2(CCCC2)N1. The Hall–Kier alpha value is -1.10.